The normalized spacial score (nSPS) is 15.6. The van der Waals surface area contributed by atoms with Crippen molar-refractivity contribution in [3.63, 3.8) is 0 Å². The second kappa shape index (κ2) is 9.90. The predicted octanol–water partition coefficient (Wildman–Crippen LogP) is 5.46. The molecule has 1 heterocycles. The topological polar surface area (TPSA) is 116 Å². The van der Waals surface area contributed by atoms with E-state index >= 15 is 0 Å². The standard InChI is InChI=1S/C26H30O7/c1-14(2)6-5-7-15(3)8-9-17-18(27)12-23-24(25(17)31)19(28)13-22(33-23)16-10-20(29)26(32-4)21(30)11-16/h6,8,10-12,22,27,29-31H,5,7,9,13H2,1-4H3/b15-8+/t22-/m0/s1. The summed E-state index contributed by atoms with van der Waals surface area (Å²) in [6.45, 7) is 6.09. The van der Waals surface area contributed by atoms with E-state index in [-0.39, 0.29) is 64.2 Å². The van der Waals surface area contributed by atoms with E-state index in [0.29, 0.717) is 5.56 Å². The number of phenols is 4. The van der Waals surface area contributed by atoms with Crippen LogP contribution in [-0.2, 0) is 6.42 Å². The van der Waals surface area contributed by atoms with Crippen molar-refractivity contribution in [3.05, 3.63) is 58.2 Å². The number of carbonyl (C=O) groups excluding carboxylic acids is 1. The predicted molar refractivity (Wildman–Crippen MR) is 125 cm³/mol. The summed E-state index contributed by atoms with van der Waals surface area (Å²) in [5.74, 6) is -1.43. The summed E-state index contributed by atoms with van der Waals surface area (Å²) < 4.78 is 10.8. The summed E-state index contributed by atoms with van der Waals surface area (Å²) in [5.41, 5.74) is 3.03. The number of ether oxygens (including phenoxy) is 2. The Morgan fingerprint density at radius 3 is 2.33 bits per heavy atom. The highest BCUT2D eigenvalue weighted by molar-refractivity contribution is 6.03. The minimum absolute atomic E-state index is 0.0246. The zero-order valence-corrected chi connectivity index (χ0v) is 19.3. The van der Waals surface area contributed by atoms with Gasteiger partial charge in [0.2, 0.25) is 5.75 Å². The van der Waals surface area contributed by atoms with Gasteiger partial charge in [0.15, 0.2) is 17.3 Å². The largest absolute Gasteiger partial charge is 0.507 e. The highest BCUT2D eigenvalue weighted by Gasteiger charge is 2.33. The van der Waals surface area contributed by atoms with Crippen molar-refractivity contribution < 1.29 is 34.7 Å². The van der Waals surface area contributed by atoms with E-state index in [0.717, 1.165) is 18.4 Å². The number of hydrogen-bond donors (Lipinski definition) is 4. The lowest BCUT2D eigenvalue weighted by molar-refractivity contribution is 0.0843. The molecule has 0 amide bonds. The van der Waals surface area contributed by atoms with Crippen LogP contribution in [0.15, 0.2) is 41.5 Å². The van der Waals surface area contributed by atoms with Gasteiger partial charge in [-0.3, -0.25) is 4.79 Å². The number of fused-ring (bicyclic) bond motifs is 1. The Bertz CT molecular complexity index is 1100. The minimum Gasteiger partial charge on any atom is -0.507 e. The van der Waals surface area contributed by atoms with Gasteiger partial charge in [0.1, 0.15) is 28.9 Å². The molecule has 3 rings (SSSR count). The number of aromatic hydroxyl groups is 4. The lowest BCUT2D eigenvalue weighted by Crippen LogP contribution is -2.21. The summed E-state index contributed by atoms with van der Waals surface area (Å²) >= 11 is 0. The first-order chi connectivity index (χ1) is 15.6. The fraction of sp³-hybridized carbons (Fsp3) is 0.346. The van der Waals surface area contributed by atoms with Gasteiger partial charge in [-0.05, 0) is 52.2 Å². The van der Waals surface area contributed by atoms with E-state index in [1.807, 2.05) is 26.8 Å². The fourth-order valence-electron chi connectivity index (χ4n) is 3.87. The summed E-state index contributed by atoms with van der Waals surface area (Å²) in [4.78, 5) is 12.9. The van der Waals surface area contributed by atoms with E-state index in [1.165, 1.54) is 30.9 Å². The summed E-state index contributed by atoms with van der Waals surface area (Å²) in [6.07, 6.45) is 5.23. The van der Waals surface area contributed by atoms with Crippen LogP contribution in [0.2, 0.25) is 0 Å². The van der Waals surface area contributed by atoms with Gasteiger partial charge in [-0.25, -0.2) is 0 Å². The molecule has 1 atom stereocenters. The molecule has 7 heteroatoms. The molecule has 0 aliphatic carbocycles. The summed E-state index contributed by atoms with van der Waals surface area (Å²) in [6, 6.07) is 4.01. The summed E-state index contributed by atoms with van der Waals surface area (Å²) in [7, 11) is 1.31. The van der Waals surface area contributed by atoms with E-state index < -0.39 is 6.10 Å². The van der Waals surface area contributed by atoms with Gasteiger partial charge >= 0.3 is 0 Å². The van der Waals surface area contributed by atoms with Gasteiger partial charge in [0.25, 0.3) is 0 Å². The second-order valence-corrected chi connectivity index (χ2v) is 8.50. The number of Topliss-reactive ketones (excluding diaryl/α,β-unsaturated/α-hetero) is 1. The Hall–Kier alpha value is -3.61. The molecule has 4 N–H and O–H groups in total. The zero-order valence-electron chi connectivity index (χ0n) is 19.3. The van der Waals surface area contributed by atoms with Gasteiger partial charge in [0, 0.05) is 17.2 Å². The molecule has 0 fully saturated rings. The molecule has 0 spiro atoms. The molecule has 0 unspecified atom stereocenters. The maximum absolute atomic E-state index is 12.9. The monoisotopic (exact) mass is 454 g/mol. The Morgan fingerprint density at radius 2 is 1.73 bits per heavy atom. The number of methoxy groups -OCH3 is 1. The Labute approximate surface area is 193 Å². The first kappa shape index (κ1) is 24.0. The molecule has 2 aromatic carbocycles. The number of ketones is 1. The van der Waals surface area contributed by atoms with Crippen molar-refractivity contribution in [1.82, 2.24) is 0 Å². The van der Waals surface area contributed by atoms with Crippen LogP contribution in [0.1, 0.15) is 67.6 Å². The maximum Gasteiger partial charge on any atom is 0.202 e. The highest BCUT2D eigenvalue weighted by atomic mass is 16.5. The molecule has 176 valence electrons. The first-order valence-electron chi connectivity index (χ1n) is 10.8. The van der Waals surface area contributed by atoms with Crippen LogP contribution in [0.25, 0.3) is 0 Å². The number of hydrogen-bond acceptors (Lipinski definition) is 7. The van der Waals surface area contributed by atoms with Crippen molar-refractivity contribution >= 4 is 5.78 Å². The fourth-order valence-corrected chi connectivity index (χ4v) is 3.87. The summed E-state index contributed by atoms with van der Waals surface area (Å²) in [5, 5.41) is 41.4. The molecule has 1 aliphatic rings. The molecule has 2 aromatic rings. The van der Waals surface area contributed by atoms with Crippen LogP contribution >= 0.6 is 0 Å². The second-order valence-electron chi connectivity index (χ2n) is 8.50. The van der Waals surface area contributed by atoms with Crippen LogP contribution in [0.4, 0.5) is 0 Å². The van der Waals surface area contributed by atoms with E-state index in [2.05, 4.69) is 6.08 Å². The Morgan fingerprint density at radius 1 is 1.06 bits per heavy atom. The number of rotatable bonds is 7. The van der Waals surface area contributed by atoms with Gasteiger partial charge in [-0.1, -0.05) is 23.3 Å². The molecule has 7 nitrogen and oxygen atoms in total. The molecule has 0 aromatic heterocycles. The van der Waals surface area contributed by atoms with Crippen molar-refractivity contribution in [2.75, 3.05) is 7.11 Å². The van der Waals surface area contributed by atoms with Crippen LogP contribution in [0.5, 0.6) is 34.5 Å². The molecule has 0 bridgehead atoms. The molecule has 0 saturated heterocycles. The third-order valence-corrected chi connectivity index (χ3v) is 5.66. The van der Waals surface area contributed by atoms with Gasteiger partial charge in [0.05, 0.1) is 13.5 Å². The number of carbonyl (C=O) groups is 1. The minimum atomic E-state index is -0.811. The number of allylic oxidation sites excluding steroid dienone is 4. The van der Waals surface area contributed by atoms with Crippen LogP contribution in [0, 0.1) is 0 Å². The lowest BCUT2D eigenvalue weighted by atomic mass is 9.92. The molecule has 1 aliphatic heterocycles. The van der Waals surface area contributed by atoms with Gasteiger partial charge in [-0.2, -0.15) is 0 Å². The average Bonchev–Trinajstić information content (AvgIpc) is 2.72. The van der Waals surface area contributed by atoms with E-state index in [1.54, 1.807) is 0 Å². The smallest absolute Gasteiger partial charge is 0.202 e. The van der Waals surface area contributed by atoms with E-state index in [4.69, 9.17) is 9.47 Å². The Kier molecular flexibility index (Phi) is 7.21. The van der Waals surface area contributed by atoms with E-state index in [9.17, 15) is 25.2 Å². The third-order valence-electron chi connectivity index (χ3n) is 5.66. The van der Waals surface area contributed by atoms with Crippen molar-refractivity contribution in [1.29, 1.82) is 0 Å². The maximum atomic E-state index is 12.9. The molecule has 33 heavy (non-hydrogen) atoms. The Balaban J connectivity index is 1.86. The lowest BCUT2D eigenvalue weighted by Gasteiger charge is -2.27. The molecule has 0 saturated carbocycles. The molecular formula is C26H30O7. The SMILES string of the molecule is COc1c(O)cc([C@@H]2CC(=O)c3c(cc(O)c(C/C=C(\C)CCC=C(C)C)c3O)O2)cc1O. The highest BCUT2D eigenvalue weighted by Crippen LogP contribution is 2.46. The molecule has 0 radical (unpaired) electrons. The van der Waals surface area contributed by atoms with Crippen molar-refractivity contribution in [2.45, 2.75) is 52.6 Å². The van der Waals surface area contributed by atoms with Crippen LogP contribution < -0.4 is 9.47 Å². The molecular weight excluding hydrogens is 424 g/mol. The third kappa shape index (κ3) is 5.25. The van der Waals surface area contributed by atoms with Crippen LogP contribution in [0.3, 0.4) is 0 Å². The van der Waals surface area contributed by atoms with Crippen molar-refractivity contribution in [3.8, 4) is 34.5 Å². The number of phenolic OH excluding ortho intramolecular Hbond substituents is 4. The van der Waals surface area contributed by atoms with Gasteiger partial charge < -0.3 is 29.9 Å². The number of benzene rings is 2. The quantitative estimate of drug-likeness (QED) is 0.411. The average molecular weight is 455 g/mol. The first-order valence-corrected chi connectivity index (χ1v) is 10.8. The van der Waals surface area contributed by atoms with Crippen LogP contribution in [-0.4, -0.2) is 33.3 Å². The van der Waals surface area contributed by atoms with Gasteiger partial charge in [-0.15, -0.1) is 0 Å². The zero-order chi connectivity index (χ0) is 24.3. The van der Waals surface area contributed by atoms with Crippen molar-refractivity contribution in [2.24, 2.45) is 0 Å².